The van der Waals surface area contributed by atoms with E-state index in [9.17, 15) is 26.3 Å². The minimum atomic E-state index is -2.30. The van der Waals surface area contributed by atoms with E-state index in [-0.39, 0.29) is 0 Å². The second-order valence-corrected chi connectivity index (χ2v) is 3.25. The van der Waals surface area contributed by atoms with Gasteiger partial charge in [-0.05, 0) is 0 Å². The van der Waals surface area contributed by atoms with Crippen LogP contribution in [0.1, 0.15) is 11.7 Å². The summed E-state index contributed by atoms with van der Waals surface area (Å²) in [6.07, 6.45) is -2.30. The predicted octanol–water partition coefficient (Wildman–Crippen LogP) is 3.79. The first-order valence-corrected chi connectivity index (χ1v) is 4.75. The van der Waals surface area contributed by atoms with Crippen molar-refractivity contribution in [2.75, 3.05) is 5.33 Å². The maximum atomic E-state index is 12.9. The zero-order chi connectivity index (χ0) is 11.7. The van der Waals surface area contributed by atoms with Crippen LogP contribution >= 0.6 is 15.9 Å². The number of benzene rings is 1. The predicted molar refractivity (Wildman–Crippen MR) is 43.9 cm³/mol. The van der Waals surface area contributed by atoms with Crippen molar-refractivity contribution in [3.63, 3.8) is 0 Å². The quantitative estimate of drug-likeness (QED) is 0.337. The fraction of sp³-hybridized carbons (Fsp3) is 0.250. The molecule has 15 heavy (non-hydrogen) atoms. The molecule has 0 saturated heterocycles. The van der Waals surface area contributed by atoms with Gasteiger partial charge in [0.15, 0.2) is 23.3 Å². The lowest BCUT2D eigenvalue weighted by Gasteiger charge is -2.09. The van der Waals surface area contributed by atoms with Gasteiger partial charge >= 0.3 is 0 Å². The minimum Gasteiger partial charge on any atom is -0.241 e. The van der Waals surface area contributed by atoms with Gasteiger partial charge in [-0.3, -0.25) is 0 Å². The molecule has 1 aromatic carbocycles. The molecule has 0 unspecified atom stereocenters. The molecule has 0 aromatic heterocycles. The summed E-state index contributed by atoms with van der Waals surface area (Å²) in [5.41, 5.74) is -1.46. The molecule has 1 atom stereocenters. The molecular weight excluding hydrogens is 290 g/mol. The Kier molecular flexibility index (Phi) is 3.64. The van der Waals surface area contributed by atoms with E-state index >= 15 is 0 Å². The third-order valence-electron chi connectivity index (χ3n) is 1.69. The first-order valence-electron chi connectivity index (χ1n) is 3.63. The van der Waals surface area contributed by atoms with Crippen molar-refractivity contribution in [3.8, 4) is 0 Å². The monoisotopic (exact) mass is 292 g/mol. The Hall–Kier alpha value is -0.720. The Morgan fingerprint density at radius 2 is 1.13 bits per heavy atom. The molecule has 0 radical (unpaired) electrons. The standard InChI is InChI=1S/C8H3BrF6/c9-1-2(10)3-4(11)6(13)8(15)7(14)5(3)12/h2H,1H2/t2-/m1/s1. The lowest BCUT2D eigenvalue weighted by molar-refractivity contribution is 0.317. The lowest BCUT2D eigenvalue weighted by Crippen LogP contribution is -2.09. The summed E-state index contributed by atoms with van der Waals surface area (Å²) in [6, 6.07) is 0. The van der Waals surface area contributed by atoms with E-state index in [0.717, 1.165) is 0 Å². The second-order valence-electron chi connectivity index (χ2n) is 2.61. The van der Waals surface area contributed by atoms with E-state index in [4.69, 9.17) is 0 Å². The van der Waals surface area contributed by atoms with Gasteiger partial charge in [-0.25, -0.2) is 26.3 Å². The molecule has 0 fully saturated rings. The highest BCUT2D eigenvalue weighted by Crippen LogP contribution is 2.30. The SMILES string of the molecule is Fc1c(F)c(F)c([C@H](F)CBr)c(F)c1F. The van der Waals surface area contributed by atoms with Gasteiger partial charge in [0.25, 0.3) is 0 Å². The van der Waals surface area contributed by atoms with E-state index < -0.39 is 46.2 Å². The van der Waals surface area contributed by atoms with Crippen molar-refractivity contribution in [1.29, 1.82) is 0 Å². The van der Waals surface area contributed by atoms with Gasteiger partial charge in [0.05, 0.1) is 5.56 Å². The van der Waals surface area contributed by atoms with Crippen LogP contribution in [0.5, 0.6) is 0 Å². The normalized spacial score (nSPS) is 13.0. The van der Waals surface area contributed by atoms with Crippen LogP contribution in [0, 0.1) is 29.1 Å². The van der Waals surface area contributed by atoms with Gasteiger partial charge in [0.2, 0.25) is 5.82 Å². The largest absolute Gasteiger partial charge is 0.241 e. The lowest BCUT2D eigenvalue weighted by atomic mass is 10.1. The highest BCUT2D eigenvalue weighted by Gasteiger charge is 2.29. The van der Waals surface area contributed by atoms with E-state index in [2.05, 4.69) is 15.9 Å². The first-order chi connectivity index (χ1) is 6.91. The zero-order valence-corrected chi connectivity index (χ0v) is 8.52. The van der Waals surface area contributed by atoms with Crippen LogP contribution in [-0.4, -0.2) is 5.33 Å². The molecule has 7 heteroatoms. The smallest absolute Gasteiger partial charge is 0.200 e. The Bertz CT molecular complexity index is 362. The molecule has 0 aliphatic heterocycles. The Balaban J connectivity index is 3.52. The van der Waals surface area contributed by atoms with E-state index in [1.165, 1.54) is 0 Å². The molecular formula is C8H3BrF6. The van der Waals surface area contributed by atoms with Crippen LogP contribution in [0.2, 0.25) is 0 Å². The molecule has 0 bridgehead atoms. The van der Waals surface area contributed by atoms with Crippen molar-refractivity contribution in [1.82, 2.24) is 0 Å². The maximum absolute atomic E-state index is 12.9. The molecule has 84 valence electrons. The fourth-order valence-electron chi connectivity index (χ4n) is 0.974. The van der Waals surface area contributed by atoms with Crippen molar-refractivity contribution in [3.05, 3.63) is 34.6 Å². The van der Waals surface area contributed by atoms with Gasteiger partial charge in [-0.15, -0.1) is 0 Å². The van der Waals surface area contributed by atoms with E-state index in [1.807, 2.05) is 0 Å². The van der Waals surface area contributed by atoms with Crippen LogP contribution in [0.3, 0.4) is 0 Å². The molecule has 0 aliphatic carbocycles. The third kappa shape index (κ3) is 1.97. The summed E-state index contributed by atoms with van der Waals surface area (Å²) in [7, 11) is 0. The number of halogens is 7. The fourth-order valence-corrected chi connectivity index (χ4v) is 1.30. The van der Waals surface area contributed by atoms with Crippen LogP contribution < -0.4 is 0 Å². The molecule has 1 rings (SSSR count). The van der Waals surface area contributed by atoms with Gasteiger partial charge in [0, 0.05) is 5.33 Å². The average Bonchev–Trinajstić information content (AvgIpc) is 2.23. The highest BCUT2D eigenvalue weighted by molar-refractivity contribution is 9.09. The van der Waals surface area contributed by atoms with Gasteiger partial charge < -0.3 is 0 Å². The van der Waals surface area contributed by atoms with Crippen LogP contribution in [-0.2, 0) is 0 Å². The Morgan fingerprint density at radius 1 is 0.800 bits per heavy atom. The summed E-state index contributed by atoms with van der Waals surface area (Å²) in [6.45, 7) is 0. The zero-order valence-electron chi connectivity index (χ0n) is 6.93. The van der Waals surface area contributed by atoms with E-state index in [0.29, 0.717) is 0 Å². The molecule has 0 aliphatic rings. The first kappa shape index (κ1) is 12.4. The average molecular weight is 293 g/mol. The molecule has 0 N–H and O–H groups in total. The summed E-state index contributed by atoms with van der Waals surface area (Å²) in [5, 5.41) is -0.564. The second kappa shape index (κ2) is 4.42. The number of hydrogen-bond donors (Lipinski definition) is 0. The molecule has 1 aromatic rings. The van der Waals surface area contributed by atoms with Crippen molar-refractivity contribution in [2.24, 2.45) is 0 Å². The van der Waals surface area contributed by atoms with Crippen LogP contribution in [0.4, 0.5) is 26.3 Å². The number of alkyl halides is 2. The summed E-state index contributed by atoms with van der Waals surface area (Å²) in [4.78, 5) is 0. The molecule has 0 nitrogen and oxygen atoms in total. The number of rotatable bonds is 2. The molecule has 0 heterocycles. The van der Waals surface area contributed by atoms with Crippen LogP contribution in [0.15, 0.2) is 0 Å². The topological polar surface area (TPSA) is 0 Å². The molecule has 0 saturated carbocycles. The van der Waals surface area contributed by atoms with Crippen molar-refractivity contribution >= 4 is 15.9 Å². The van der Waals surface area contributed by atoms with Gasteiger partial charge in [-0.2, -0.15) is 0 Å². The van der Waals surface area contributed by atoms with Crippen molar-refractivity contribution in [2.45, 2.75) is 6.17 Å². The minimum absolute atomic E-state index is 0.564. The summed E-state index contributed by atoms with van der Waals surface area (Å²) >= 11 is 2.54. The highest BCUT2D eigenvalue weighted by atomic mass is 79.9. The Labute approximate surface area is 89.0 Å². The third-order valence-corrected chi connectivity index (χ3v) is 2.26. The Morgan fingerprint density at radius 3 is 1.47 bits per heavy atom. The summed E-state index contributed by atoms with van der Waals surface area (Å²) < 4.78 is 76.2. The molecule has 0 spiro atoms. The summed E-state index contributed by atoms with van der Waals surface area (Å²) in [5.74, 6) is -10.9. The molecule has 0 amide bonds. The van der Waals surface area contributed by atoms with Gasteiger partial charge in [-0.1, -0.05) is 15.9 Å². The number of hydrogen-bond acceptors (Lipinski definition) is 0. The van der Waals surface area contributed by atoms with Crippen LogP contribution in [0.25, 0.3) is 0 Å². The van der Waals surface area contributed by atoms with Crippen molar-refractivity contribution < 1.29 is 26.3 Å². The maximum Gasteiger partial charge on any atom is 0.200 e. The van der Waals surface area contributed by atoms with E-state index in [1.54, 1.807) is 0 Å². The van der Waals surface area contributed by atoms with Gasteiger partial charge in [0.1, 0.15) is 6.17 Å².